The Hall–Kier alpha value is -1.26. The summed E-state index contributed by atoms with van der Waals surface area (Å²) in [4.78, 5) is 25.1. The molecule has 2 saturated heterocycles. The van der Waals surface area contributed by atoms with Crippen molar-refractivity contribution < 1.29 is 14.7 Å². The lowest BCUT2D eigenvalue weighted by molar-refractivity contribution is -0.144. The molecule has 2 heterocycles. The van der Waals surface area contributed by atoms with Crippen LogP contribution in [0, 0.1) is 0 Å². The summed E-state index contributed by atoms with van der Waals surface area (Å²) in [6.07, 6.45) is 1.40. The van der Waals surface area contributed by atoms with Crippen LogP contribution >= 0.6 is 0 Å². The van der Waals surface area contributed by atoms with Crippen molar-refractivity contribution in [3.8, 4) is 0 Å². The summed E-state index contributed by atoms with van der Waals surface area (Å²) in [5.41, 5.74) is 0. The lowest BCUT2D eigenvalue weighted by Gasteiger charge is -2.42. The molecule has 0 spiro atoms. The Morgan fingerprint density at radius 2 is 1.93 bits per heavy atom. The van der Waals surface area contributed by atoms with Crippen LogP contribution < -0.4 is 0 Å². The lowest BCUT2D eigenvalue weighted by atomic mass is 9.99. The van der Waals surface area contributed by atoms with Crippen LogP contribution in [0.1, 0.15) is 19.3 Å². The average molecular weight is 198 g/mol. The second-order valence-corrected chi connectivity index (χ2v) is 3.84. The van der Waals surface area contributed by atoms with E-state index in [-0.39, 0.29) is 11.9 Å². The van der Waals surface area contributed by atoms with Crippen molar-refractivity contribution in [2.24, 2.45) is 0 Å². The van der Waals surface area contributed by atoms with E-state index in [1.807, 2.05) is 4.90 Å². The number of amides is 2. The predicted molar refractivity (Wildman–Crippen MR) is 48.9 cm³/mol. The summed E-state index contributed by atoms with van der Waals surface area (Å²) in [5.74, 6) is 0.221. The molecule has 0 aromatic carbocycles. The first kappa shape index (κ1) is 9.30. The summed E-state index contributed by atoms with van der Waals surface area (Å²) in [7, 11) is 0. The normalized spacial score (nSPS) is 23.6. The van der Waals surface area contributed by atoms with E-state index in [1.165, 1.54) is 4.90 Å². The van der Waals surface area contributed by atoms with Crippen molar-refractivity contribution in [3.05, 3.63) is 0 Å². The molecule has 0 aliphatic carbocycles. The predicted octanol–water partition coefficient (Wildman–Crippen LogP) is 0.361. The monoisotopic (exact) mass is 198 g/mol. The van der Waals surface area contributed by atoms with Crippen LogP contribution in [0.25, 0.3) is 0 Å². The van der Waals surface area contributed by atoms with Gasteiger partial charge in [0.2, 0.25) is 5.91 Å². The molecule has 5 heteroatoms. The van der Waals surface area contributed by atoms with Crippen LogP contribution in [-0.4, -0.2) is 52.6 Å². The van der Waals surface area contributed by atoms with Crippen molar-refractivity contribution in [1.29, 1.82) is 0 Å². The molecule has 2 amide bonds. The van der Waals surface area contributed by atoms with Crippen LogP contribution in [0.3, 0.4) is 0 Å². The summed E-state index contributed by atoms with van der Waals surface area (Å²) >= 11 is 0. The Bertz CT molecular complexity index is 259. The summed E-state index contributed by atoms with van der Waals surface area (Å²) in [6, 6.07) is 0.284. The maximum atomic E-state index is 11.1. The van der Waals surface area contributed by atoms with Crippen LogP contribution in [-0.2, 0) is 4.79 Å². The third kappa shape index (κ3) is 1.54. The highest BCUT2D eigenvalue weighted by atomic mass is 16.4. The van der Waals surface area contributed by atoms with Gasteiger partial charge in [0.05, 0.1) is 0 Å². The molecule has 0 unspecified atom stereocenters. The lowest BCUT2D eigenvalue weighted by Crippen LogP contribution is -2.54. The Morgan fingerprint density at radius 1 is 1.29 bits per heavy atom. The zero-order valence-electron chi connectivity index (χ0n) is 7.98. The van der Waals surface area contributed by atoms with Crippen molar-refractivity contribution in [1.82, 2.24) is 9.80 Å². The standard InChI is InChI=1S/C9H14N2O3/c12-8-3-6-11(8)7-1-4-10(5-2-7)9(13)14/h7H,1-6H2,(H,13,14). The fourth-order valence-electron chi connectivity index (χ4n) is 2.09. The molecule has 78 valence electrons. The summed E-state index contributed by atoms with van der Waals surface area (Å²) in [5, 5.41) is 8.73. The van der Waals surface area contributed by atoms with E-state index >= 15 is 0 Å². The van der Waals surface area contributed by atoms with Crippen LogP contribution in [0.5, 0.6) is 0 Å². The minimum Gasteiger partial charge on any atom is -0.465 e. The van der Waals surface area contributed by atoms with Gasteiger partial charge in [0.25, 0.3) is 0 Å². The van der Waals surface area contributed by atoms with Gasteiger partial charge in [-0.1, -0.05) is 0 Å². The topological polar surface area (TPSA) is 60.9 Å². The number of β-lactam (4-membered cyclic amide) rings is 1. The minimum atomic E-state index is -0.849. The fraction of sp³-hybridized carbons (Fsp3) is 0.778. The highest BCUT2D eigenvalue weighted by Crippen LogP contribution is 2.22. The molecule has 14 heavy (non-hydrogen) atoms. The second kappa shape index (κ2) is 3.48. The number of hydrogen-bond donors (Lipinski definition) is 1. The Kier molecular flexibility index (Phi) is 2.31. The van der Waals surface area contributed by atoms with Gasteiger partial charge in [-0.3, -0.25) is 4.79 Å². The first-order valence-electron chi connectivity index (χ1n) is 4.96. The van der Waals surface area contributed by atoms with Crippen LogP contribution in [0.4, 0.5) is 4.79 Å². The van der Waals surface area contributed by atoms with Crippen molar-refractivity contribution in [2.45, 2.75) is 25.3 Å². The number of carboxylic acid groups (broad SMARTS) is 1. The minimum absolute atomic E-state index is 0.221. The number of carbonyl (C=O) groups is 2. The van der Waals surface area contributed by atoms with E-state index in [0.717, 1.165) is 19.4 Å². The fourth-order valence-corrected chi connectivity index (χ4v) is 2.09. The molecule has 0 bridgehead atoms. The van der Waals surface area contributed by atoms with Gasteiger partial charge in [-0.25, -0.2) is 4.79 Å². The van der Waals surface area contributed by atoms with E-state index in [1.54, 1.807) is 0 Å². The Balaban J connectivity index is 1.84. The van der Waals surface area contributed by atoms with Gasteiger partial charge in [0, 0.05) is 32.1 Å². The van der Waals surface area contributed by atoms with E-state index in [2.05, 4.69) is 0 Å². The largest absolute Gasteiger partial charge is 0.465 e. The van der Waals surface area contributed by atoms with Gasteiger partial charge in [0.15, 0.2) is 0 Å². The third-order valence-corrected chi connectivity index (χ3v) is 3.06. The molecule has 0 aromatic heterocycles. The SMILES string of the molecule is O=C(O)N1CCC(N2CCC2=O)CC1. The van der Waals surface area contributed by atoms with Gasteiger partial charge in [-0.05, 0) is 12.8 Å². The Morgan fingerprint density at radius 3 is 2.29 bits per heavy atom. The van der Waals surface area contributed by atoms with Crippen LogP contribution in [0.2, 0.25) is 0 Å². The maximum Gasteiger partial charge on any atom is 0.407 e. The molecule has 2 fully saturated rings. The van der Waals surface area contributed by atoms with Gasteiger partial charge in [-0.15, -0.1) is 0 Å². The van der Waals surface area contributed by atoms with Crippen molar-refractivity contribution in [2.75, 3.05) is 19.6 Å². The highest BCUT2D eigenvalue weighted by Gasteiger charge is 2.33. The summed E-state index contributed by atoms with van der Waals surface area (Å²) < 4.78 is 0. The van der Waals surface area contributed by atoms with Crippen molar-refractivity contribution >= 4 is 12.0 Å². The van der Waals surface area contributed by atoms with Gasteiger partial charge in [-0.2, -0.15) is 0 Å². The van der Waals surface area contributed by atoms with Gasteiger partial charge in [0.1, 0.15) is 0 Å². The number of hydrogen-bond acceptors (Lipinski definition) is 2. The number of nitrogens with zero attached hydrogens (tertiary/aromatic N) is 2. The maximum absolute atomic E-state index is 11.1. The number of likely N-dealkylation sites (tertiary alicyclic amines) is 2. The molecule has 0 aromatic rings. The Labute approximate surface area is 82.3 Å². The smallest absolute Gasteiger partial charge is 0.407 e. The van der Waals surface area contributed by atoms with E-state index in [9.17, 15) is 9.59 Å². The summed E-state index contributed by atoms with van der Waals surface area (Å²) in [6.45, 7) is 1.98. The van der Waals surface area contributed by atoms with Gasteiger partial charge < -0.3 is 14.9 Å². The molecular weight excluding hydrogens is 184 g/mol. The molecular formula is C9H14N2O3. The first-order valence-corrected chi connectivity index (χ1v) is 4.96. The van der Waals surface area contributed by atoms with E-state index in [4.69, 9.17) is 5.11 Å². The highest BCUT2D eigenvalue weighted by molar-refractivity contribution is 5.82. The zero-order chi connectivity index (χ0) is 10.1. The van der Waals surface area contributed by atoms with Crippen molar-refractivity contribution in [3.63, 3.8) is 0 Å². The molecule has 0 atom stereocenters. The second-order valence-electron chi connectivity index (χ2n) is 3.84. The molecule has 2 aliphatic rings. The van der Waals surface area contributed by atoms with Gasteiger partial charge >= 0.3 is 6.09 Å². The van der Waals surface area contributed by atoms with Crippen LogP contribution in [0.15, 0.2) is 0 Å². The molecule has 2 aliphatic heterocycles. The quantitative estimate of drug-likeness (QED) is 0.619. The molecule has 0 radical (unpaired) electrons. The molecule has 5 nitrogen and oxygen atoms in total. The number of piperidine rings is 1. The van der Waals surface area contributed by atoms with E-state index in [0.29, 0.717) is 19.5 Å². The molecule has 2 rings (SSSR count). The van der Waals surface area contributed by atoms with E-state index < -0.39 is 6.09 Å². The first-order chi connectivity index (χ1) is 6.68. The zero-order valence-corrected chi connectivity index (χ0v) is 7.98. The average Bonchev–Trinajstić information content (AvgIpc) is 2.16. The molecule has 1 N–H and O–H groups in total. The third-order valence-electron chi connectivity index (χ3n) is 3.06. The number of rotatable bonds is 1. The number of carbonyl (C=O) groups excluding carboxylic acids is 1. The molecule has 0 saturated carbocycles.